The van der Waals surface area contributed by atoms with Crippen LogP contribution >= 0.6 is 35.0 Å². The summed E-state index contributed by atoms with van der Waals surface area (Å²) in [4.78, 5) is 3.19. The predicted molar refractivity (Wildman–Crippen MR) is 101 cm³/mol. The van der Waals surface area contributed by atoms with Gasteiger partial charge in [-0.25, -0.2) is 0 Å². The number of aromatic nitrogens is 2. The monoisotopic (exact) mass is 388 g/mol. The van der Waals surface area contributed by atoms with Crippen molar-refractivity contribution in [1.29, 1.82) is 0 Å². The lowest BCUT2D eigenvalue weighted by atomic mass is 9.78. The standard InChI is InChI=1S/C15H23BCl2N4OS/c1-16(23)22-11-3-4-12(22)8-10(7-11)19-5-2-6-24-13-9-14(17)20-21-15(13)18/h9-12,19,23H,2-8H2,1H3. The number of hydrogen-bond acceptors (Lipinski definition) is 6. The third-order valence-electron chi connectivity index (χ3n) is 4.92. The highest BCUT2D eigenvalue weighted by molar-refractivity contribution is 7.99. The van der Waals surface area contributed by atoms with Crippen molar-refractivity contribution in [2.45, 2.75) is 61.9 Å². The summed E-state index contributed by atoms with van der Waals surface area (Å²) in [6.07, 6.45) is 5.79. The van der Waals surface area contributed by atoms with Crippen molar-refractivity contribution in [1.82, 2.24) is 20.3 Å². The Hall–Kier alpha value is -0.0451. The second-order valence-electron chi connectivity index (χ2n) is 6.61. The normalized spacial score (nSPS) is 26.8. The maximum absolute atomic E-state index is 9.91. The van der Waals surface area contributed by atoms with E-state index in [-0.39, 0.29) is 7.05 Å². The summed E-state index contributed by atoms with van der Waals surface area (Å²) in [6.45, 7) is 2.89. The van der Waals surface area contributed by atoms with E-state index in [1.165, 1.54) is 12.8 Å². The fraction of sp³-hybridized carbons (Fsp3) is 0.733. The molecule has 2 saturated heterocycles. The lowest BCUT2D eigenvalue weighted by molar-refractivity contribution is 0.185. The molecule has 132 valence electrons. The van der Waals surface area contributed by atoms with Gasteiger partial charge >= 0.3 is 7.05 Å². The third kappa shape index (κ3) is 4.56. The average Bonchev–Trinajstić information content (AvgIpc) is 2.82. The van der Waals surface area contributed by atoms with E-state index < -0.39 is 0 Å². The zero-order valence-electron chi connectivity index (χ0n) is 13.8. The topological polar surface area (TPSA) is 61.3 Å². The summed E-state index contributed by atoms with van der Waals surface area (Å²) in [6, 6.07) is 3.42. The van der Waals surface area contributed by atoms with E-state index in [1.807, 2.05) is 6.82 Å². The average molecular weight is 389 g/mol. The Morgan fingerprint density at radius 1 is 1.33 bits per heavy atom. The maximum atomic E-state index is 9.91. The molecule has 2 N–H and O–H groups in total. The van der Waals surface area contributed by atoms with Crippen molar-refractivity contribution < 1.29 is 5.02 Å². The molecular formula is C15H23BCl2N4OS. The molecule has 1 aromatic heterocycles. The summed E-state index contributed by atoms with van der Waals surface area (Å²) >= 11 is 13.5. The Bertz CT molecular complexity index is 554. The van der Waals surface area contributed by atoms with Gasteiger partial charge in [0.25, 0.3) is 0 Å². The Balaban J connectivity index is 1.37. The molecule has 3 heterocycles. The van der Waals surface area contributed by atoms with E-state index in [2.05, 4.69) is 20.3 Å². The van der Waals surface area contributed by atoms with Crippen molar-refractivity contribution in [2.75, 3.05) is 12.3 Å². The van der Waals surface area contributed by atoms with E-state index in [0.29, 0.717) is 28.4 Å². The Kier molecular flexibility index (Phi) is 6.68. The van der Waals surface area contributed by atoms with Crippen LogP contribution in [0.5, 0.6) is 0 Å². The highest BCUT2D eigenvalue weighted by Crippen LogP contribution is 2.36. The SMILES string of the molecule is CB(O)N1C2CCC1CC(NCCCSc1cc(Cl)nnc1Cl)C2. The molecule has 5 nitrogen and oxygen atoms in total. The van der Waals surface area contributed by atoms with Crippen molar-refractivity contribution in [2.24, 2.45) is 0 Å². The van der Waals surface area contributed by atoms with Gasteiger partial charge in [0.1, 0.15) is 0 Å². The molecule has 0 aliphatic carbocycles. The number of fused-ring (bicyclic) bond motifs is 2. The molecule has 3 rings (SSSR count). The van der Waals surface area contributed by atoms with Crippen LogP contribution in [-0.2, 0) is 0 Å². The zero-order chi connectivity index (χ0) is 17.1. The van der Waals surface area contributed by atoms with Gasteiger partial charge in [0.15, 0.2) is 10.3 Å². The maximum Gasteiger partial charge on any atom is 0.376 e. The molecule has 9 heteroatoms. The van der Waals surface area contributed by atoms with Gasteiger partial charge < -0.3 is 15.2 Å². The molecule has 2 aliphatic rings. The minimum atomic E-state index is -0.314. The summed E-state index contributed by atoms with van der Waals surface area (Å²) in [5.41, 5.74) is 0. The van der Waals surface area contributed by atoms with Crippen LogP contribution in [-0.4, -0.2) is 57.5 Å². The Morgan fingerprint density at radius 2 is 2.04 bits per heavy atom. The summed E-state index contributed by atoms with van der Waals surface area (Å²) in [5.74, 6) is 0.966. The van der Waals surface area contributed by atoms with E-state index in [4.69, 9.17) is 23.2 Å². The minimum Gasteiger partial charge on any atom is -0.437 e. The van der Waals surface area contributed by atoms with Crippen LogP contribution in [0.4, 0.5) is 0 Å². The second-order valence-corrected chi connectivity index (χ2v) is 8.49. The first kappa shape index (κ1) is 18.7. The molecule has 2 unspecified atom stereocenters. The van der Waals surface area contributed by atoms with Crippen molar-refractivity contribution >= 4 is 42.0 Å². The van der Waals surface area contributed by atoms with Crippen molar-refractivity contribution in [3.05, 3.63) is 16.4 Å². The van der Waals surface area contributed by atoms with Crippen LogP contribution in [0.15, 0.2) is 11.0 Å². The van der Waals surface area contributed by atoms with Crippen LogP contribution in [0, 0.1) is 0 Å². The second kappa shape index (κ2) is 8.56. The molecule has 2 bridgehead atoms. The van der Waals surface area contributed by atoms with Gasteiger partial charge in [0.05, 0.1) is 0 Å². The van der Waals surface area contributed by atoms with Crippen LogP contribution < -0.4 is 5.32 Å². The van der Waals surface area contributed by atoms with Gasteiger partial charge in [-0.1, -0.05) is 23.2 Å². The van der Waals surface area contributed by atoms with Gasteiger partial charge in [-0.3, -0.25) is 0 Å². The fourth-order valence-corrected chi connectivity index (χ4v) is 5.32. The highest BCUT2D eigenvalue weighted by Gasteiger charge is 2.43. The molecular weight excluding hydrogens is 366 g/mol. The third-order valence-corrected chi connectivity index (χ3v) is 6.61. The summed E-state index contributed by atoms with van der Waals surface area (Å²) in [7, 11) is -0.314. The zero-order valence-corrected chi connectivity index (χ0v) is 16.1. The Morgan fingerprint density at radius 3 is 2.71 bits per heavy atom. The number of nitrogens with one attached hydrogen (secondary N) is 1. The molecule has 0 radical (unpaired) electrons. The highest BCUT2D eigenvalue weighted by atomic mass is 35.5. The Labute approximate surface area is 158 Å². The number of piperidine rings is 1. The molecule has 2 aliphatic heterocycles. The van der Waals surface area contributed by atoms with Crippen LogP contribution in [0.2, 0.25) is 17.1 Å². The largest absolute Gasteiger partial charge is 0.437 e. The molecule has 0 amide bonds. The summed E-state index contributed by atoms with van der Waals surface area (Å²) < 4.78 is 0. The molecule has 2 fully saturated rings. The first-order valence-corrected chi connectivity index (χ1v) is 10.3. The van der Waals surface area contributed by atoms with Gasteiger partial charge in [0, 0.05) is 23.0 Å². The number of rotatable bonds is 7. The minimum absolute atomic E-state index is 0.314. The number of hydrogen-bond donors (Lipinski definition) is 2. The molecule has 0 saturated carbocycles. The summed E-state index contributed by atoms with van der Waals surface area (Å²) in [5, 5.41) is 21.9. The quantitative estimate of drug-likeness (QED) is 0.425. The van der Waals surface area contributed by atoms with Crippen LogP contribution in [0.3, 0.4) is 0 Å². The van der Waals surface area contributed by atoms with Crippen molar-refractivity contribution in [3.63, 3.8) is 0 Å². The van der Waals surface area contributed by atoms with Gasteiger partial charge in [0.2, 0.25) is 0 Å². The van der Waals surface area contributed by atoms with E-state index in [0.717, 1.165) is 36.5 Å². The fourth-order valence-electron chi connectivity index (χ4n) is 3.99. The molecule has 0 aromatic carbocycles. The first-order chi connectivity index (χ1) is 11.5. The molecule has 2 atom stereocenters. The molecule has 1 aromatic rings. The van der Waals surface area contributed by atoms with E-state index in [9.17, 15) is 5.02 Å². The number of thioether (sulfide) groups is 1. The number of nitrogens with zero attached hydrogens (tertiary/aromatic N) is 3. The van der Waals surface area contributed by atoms with Crippen molar-refractivity contribution in [3.8, 4) is 0 Å². The van der Waals surface area contributed by atoms with Gasteiger partial charge in [-0.05, 0) is 57.3 Å². The molecule has 0 spiro atoms. The molecule has 24 heavy (non-hydrogen) atoms. The van der Waals surface area contributed by atoms with Gasteiger partial charge in [-0.15, -0.1) is 22.0 Å². The lowest BCUT2D eigenvalue weighted by Gasteiger charge is -2.40. The smallest absolute Gasteiger partial charge is 0.376 e. The van der Waals surface area contributed by atoms with Gasteiger partial charge in [-0.2, -0.15) is 0 Å². The lowest BCUT2D eigenvalue weighted by Crippen LogP contribution is -2.54. The van der Waals surface area contributed by atoms with Crippen LogP contribution in [0.1, 0.15) is 32.1 Å². The van der Waals surface area contributed by atoms with E-state index in [1.54, 1.807) is 17.8 Å². The first-order valence-electron chi connectivity index (χ1n) is 8.55. The van der Waals surface area contributed by atoms with E-state index >= 15 is 0 Å². The van der Waals surface area contributed by atoms with Crippen LogP contribution in [0.25, 0.3) is 0 Å². The number of halogens is 2. The predicted octanol–water partition coefficient (Wildman–Crippen LogP) is 2.96.